The Bertz CT molecular complexity index is 749. The van der Waals surface area contributed by atoms with Crippen molar-refractivity contribution in [2.75, 3.05) is 5.73 Å². The van der Waals surface area contributed by atoms with Gasteiger partial charge in [-0.05, 0) is 12.1 Å². The molecule has 0 atom stereocenters. The molecule has 1 aromatic carbocycles. The largest absolute Gasteiger partial charge is 0.393 e. The predicted octanol–water partition coefficient (Wildman–Crippen LogP) is 1.55. The van der Waals surface area contributed by atoms with Crippen LogP contribution in [0.25, 0.3) is 11.4 Å². The summed E-state index contributed by atoms with van der Waals surface area (Å²) in [5, 5.41) is 11.2. The van der Waals surface area contributed by atoms with E-state index in [0.29, 0.717) is 11.4 Å². The molecule has 0 aliphatic carbocycles. The Kier molecular flexibility index (Phi) is 2.68. The van der Waals surface area contributed by atoms with Gasteiger partial charge >= 0.3 is 5.69 Å². The van der Waals surface area contributed by atoms with Crippen molar-refractivity contribution in [3.8, 4) is 11.4 Å². The number of nitro groups is 1. The summed E-state index contributed by atoms with van der Waals surface area (Å²) in [7, 11) is 0. The Balaban J connectivity index is 2.26. The van der Waals surface area contributed by atoms with Crippen LogP contribution in [0.3, 0.4) is 0 Å². The molecule has 2 N–H and O–H groups in total. The van der Waals surface area contributed by atoms with E-state index in [1.807, 2.05) is 0 Å². The van der Waals surface area contributed by atoms with Crippen molar-refractivity contribution in [2.24, 2.45) is 0 Å². The van der Waals surface area contributed by atoms with E-state index in [9.17, 15) is 10.1 Å². The lowest BCUT2D eigenvalue weighted by atomic mass is 10.2. The second kappa shape index (κ2) is 4.50. The summed E-state index contributed by atoms with van der Waals surface area (Å²) in [6.45, 7) is 0. The van der Waals surface area contributed by atoms with Crippen molar-refractivity contribution in [1.29, 1.82) is 0 Å². The molecular formula is C12H10N6O2. The molecule has 0 aliphatic rings. The molecule has 2 aromatic heterocycles. The fourth-order valence-corrected chi connectivity index (χ4v) is 1.98. The quantitative estimate of drug-likeness (QED) is 0.441. The smallest absolute Gasteiger partial charge is 0.316 e. The topological polar surface area (TPSA) is 105 Å². The van der Waals surface area contributed by atoms with Crippen LogP contribution in [-0.2, 0) is 0 Å². The highest BCUT2D eigenvalue weighted by Gasteiger charge is 2.21. The molecule has 0 bridgehead atoms. The molecule has 0 radical (unpaired) electrons. The summed E-state index contributed by atoms with van der Waals surface area (Å²) >= 11 is 0. The average molecular weight is 270 g/mol. The SMILES string of the molecule is Nc1cc(-n2ccnc2)cc(-n2ccnc2)c1[N+](=O)[O-]. The number of benzene rings is 1. The van der Waals surface area contributed by atoms with Gasteiger partial charge < -0.3 is 14.9 Å². The number of nitrogens with two attached hydrogens (primary N) is 1. The van der Waals surface area contributed by atoms with Crippen LogP contribution >= 0.6 is 0 Å². The zero-order valence-corrected chi connectivity index (χ0v) is 10.2. The standard InChI is InChI=1S/C12H10N6O2/c13-10-5-9(16-3-1-14-7-16)6-11(12(10)18(19)20)17-4-2-15-8-17/h1-8H,13H2. The monoisotopic (exact) mass is 270 g/mol. The number of aromatic nitrogens is 4. The van der Waals surface area contributed by atoms with Crippen LogP contribution in [0.4, 0.5) is 11.4 Å². The Hall–Kier alpha value is -3.16. The first-order valence-electron chi connectivity index (χ1n) is 5.71. The van der Waals surface area contributed by atoms with Gasteiger partial charge in [-0.2, -0.15) is 0 Å². The molecule has 100 valence electrons. The highest BCUT2D eigenvalue weighted by molar-refractivity contribution is 5.73. The van der Waals surface area contributed by atoms with Gasteiger partial charge in [0, 0.05) is 24.8 Å². The van der Waals surface area contributed by atoms with Gasteiger partial charge in [-0.15, -0.1) is 0 Å². The number of rotatable bonds is 3. The Morgan fingerprint density at radius 3 is 2.30 bits per heavy atom. The second-order valence-corrected chi connectivity index (χ2v) is 4.10. The van der Waals surface area contributed by atoms with Gasteiger partial charge in [-0.3, -0.25) is 10.1 Å². The van der Waals surface area contributed by atoms with Crippen molar-refractivity contribution in [3.05, 3.63) is 59.7 Å². The maximum Gasteiger partial charge on any atom is 0.316 e. The van der Waals surface area contributed by atoms with E-state index in [0.717, 1.165) is 0 Å². The van der Waals surface area contributed by atoms with Gasteiger partial charge in [0.2, 0.25) is 0 Å². The summed E-state index contributed by atoms with van der Waals surface area (Å²) in [5.74, 6) is 0. The van der Waals surface area contributed by atoms with E-state index in [-0.39, 0.29) is 11.4 Å². The van der Waals surface area contributed by atoms with Crippen LogP contribution in [-0.4, -0.2) is 24.0 Å². The van der Waals surface area contributed by atoms with Crippen LogP contribution in [0, 0.1) is 10.1 Å². The molecule has 0 amide bonds. The fourth-order valence-electron chi connectivity index (χ4n) is 1.98. The molecule has 20 heavy (non-hydrogen) atoms. The normalized spacial score (nSPS) is 10.6. The summed E-state index contributed by atoms with van der Waals surface area (Å²) < 4.78 is 3.27. The minimum Gasteiger partial charge on any atom is -0.393 e. The van der Waals surface area contributed by atoms with Crippen molar-refractivity contribution in [1.82, 2.24) is 19.1 Å². The summed E-state index contributed by atoms with van der Waals surface area (Å²) in [6, 6.07) is 3.21. The molecule has 3 rings (SSSR count). The van der Waals surface area contributed by atoms with E-state index in [1.54, 1.807) is 52.4 Å². The van der Waals surface area contributed by atoms with Gasteiger partial charge in [0.05, 0.1) is 23.3 Å². The summed E-state index contributed by atoms with van der Waals surface area (Å²) in [5.41, 5.74) is 6.81. The second-order valence-electron chi connectivity index (χ2n) is 4.10. The van der Waals surface area contributed by atoms with Crippen molar-refractivity contribution in [3.63, 3.8) is 0 Å². The molecule has 0 saturated carbocycles. The average Bonchev–Trinajstić information content (AvgIpc) is 3.11. The van der Waals surface area contributed by atoms with Crippen molar-refractivity contribution in [2.45, 2.75) is 0 Å². The van der Waals surface area contributed by atoms with Crippen LogP contribution in [0.15, 0.2) is 49.6 Å². The van der Waals surface area contributed by atoms with Gasteiger partial charge in [0.25, 0.3) is 0 Å². The van der Waals surface area contributed by atoms with Gasteiger partial charge in [0.15, 0.2) is 0 Å². The lowest BCUT2D eigenvalue weighted by Gasteiger charge is -2.10. The maximum absolute atomic E-state index is 11.2. The first-order chi connectivity index (χ1) is 9.66. The number of nitrogens with zero attached hydrogens (tertiary/aromatic N) is 5. The van der Waals surface area contributed by atoms with Crippen LogP contribution in [0.1, 0.15) is 0 Å². The Labute approximate surface area is 113 Å². The zero-order valence-electron chi connectivity index (χ0n) is 10.2. The van der Waals surface area contributed by atoms with Gasteiger partial charge in [-0.25, -0.2) is 9.97 Å². The van der Waals surface area contributed by atoms with E-state index in [4.69, 9.17) is 5.73 Å². The molecule has 3 aromatic rings. The van der Waals surface area contributed by atoms with E-state index >= 15 is 0 Å². The summed E-state index contributed by atoms with van der Waals surface area (Å²) in [4.78, 5) is 18.6. The molecular weight excluding hydrogens is 260 g/mol. The van der Waals surface area contributed by atoms with Crippen molar-refractivity contribution < 1.29 is 4.92 Å². The van der Waals surface area contributed by atoms with Crippen LogP contribution in [0.5, 0.6) is 0 Å². The number of nitrogen functional groups attached to an aromatic ring is 1. The molecule has 0 spiro atoms. The van der Waals surface area contributed by atoms with Gasteiger partial charge in [-0.1, -0.05) is 0 Å². The molecule has 2 heterocycles. The van der Waals surface area contributed by atoms with E-state index in [1.165, 1.54) is 6.33 Å². The third-order valence-corrected chi connectivity index (χ3v) is 2.87. The number of imidazole rings is 2. The lowest BCUT2D eigenvalue weighted by molar-refractivity contribution is -0.383. The molecule has 8 heteroatoms. The number of nitro benzene ring substituents is 1. The van der Waals surface area contributed by atoms with Crippen molar-refractivity contribution >= 4 is 11.4 Å². The highest BCUT2D eigenvalue weighted by atomic mass is 16.6. The molecule has 0 unspecified atom stereocenters. The molecule has 0 saturated heterocycles. The highest BCUT2D eigenvalue weighted by Crippen LogP contribution is 2.32. The maximum atomic E-state index is 11.2. The molecule has 0 fully saturated rings. The third-order valence-electron chi connectivity index (χ3n) is 2.87. The molecule has 0 aliphatic heterocycles. The van der Waals surface area contributed by atoms with Crippen LogP contribution in [0.2, 0.25) is 0 Å². The Morgan fingerprint density at radius 1 is 1.10 bits per heavy atom. The van der Waals surface area contributed by atoms with E-state index in [2.05, 4.69) is 9.97 Å². The predicted molar refractivity (Wildman–Crippen MR) is 71.8 cm³/mol. The van der Waals surface area contributed by atoms with E-state index < -0.39 is 4.92 Å². The Morgan fingerprint density at radius 2 is 1.75 bits per heavy atom. The summed E-state index contributed by atoms with van der Waals surface area (Å²) in [6.07, 6.45) is 9.60. The third kappa shape index (κ3) is 1.88. The number of anilines is 1. The lowest BCUT2D eigenvalue weighted by Crippen LogP contribution is -2.05. The zero-order chi connectivity index (χ0) is 14.1. The first kappa shape index (κ1) is 11.9. The number of hydrogen-bond acceptors (Lipinski definition) is 5. The van der Waals surface area contributed by atoms with Gasteiger partial charge in [0.1, 0.15) is 11.4 Å². The molecule has 8 nitrogen and oxygen atoms in total. The first-order valence-corrected chi connectivity index (χ1v) is 5.71. The minimum absolute atomic E-state index is 0.0879. The number of hydrogen-bond donors (Lipinski definition) is 1. The fraction of sp³-hybridized carbons (Fsp3) is 0. The van der Waals surface area contributed by atoms with Crippen LogP contribution < -0.4 is 5.73 Å². The minimum atomic E-state index is -0.498.